The predicted octanol–water partition coefficient (Wildman–Crippen LogP) is 2.39. The fraction of sp³-hybridized carbons (Fsp3) is 0.571. The van der Waals surface area contributed by atoms with Crippen LogP contribution >= 0.6 is 0 Å². The van der Waals surface area contributed by atoms with Gasteiger partial charge in [0.15, 0.2) is 0 Å². The van der Waals surface area contributed by atoms with Gasteiger partial charge >= 0.3 is 0 Å². The van der Waals surface area contributed by atoms with Gasteiger partial charge in [0.2, 0.25) is 10.0 Å². The Labute approximate surface area is 115 Å². The number of hydrogen-bond acceptors (Lipinski definition) is 3. The summed E-state index contributed by atoms with van der Waals surface area (Å²) in [4.78, 5) is 0.347. The molecule has 1 aliphatic heterocycles. The second-order valence-electron chi connectivity index (χ2n) is 5.54. The number of rotatable bonds is 3. The standard InChI is InChI=1S/C14H22N2O2S/c1-10(2)13-7-5-9-16(13)19(17,18)14-8-4-6-12(15)11(14)3/h4,6,8,10,13H,5,7,9,15H2,1-3H3. The third-order valence-electron chi connectivity index (χ3n) is 3.93. The van der Waals surface area contributed by atoms with E-state index < -0.39 is 10.0 Å². The first-order valence-corrected chi connectivity index (χ1v) is 8.16. The molecule has 1 aromatic rings. The molecule has 2 N–H and O–H groups in total. The van der Waals surface area contributed by atoms with Crippen LogP contribution in [0.15, 0.2) is 23.1 Å². The molecule has 1 aliphatic rings. The van der Waals surface area contributed by atoms with Crippen molar-refractivity contribution in [1.29, 1.82) is 0 Å². The van der Waals surface area contributed by atoms with E-state index in [1.54, 1.807) is 29.4 Å². The van der Waals surface area contributed by atoms with E-state index in [0.717, 1.165) is 12.8 Å². The molecular formula is C14H22N2O2S. The van der Waals surface area contributed by atoms with Crippen molar-refractivity contribution in [3.8, 4) is 0 Å². The zero-order valence-corrected chi connectivity index (χ0v) is 12.6. The van der Waals surface area contributed by atoms with Crippen LogP contribution in [0.3, 0.4) is 0 Å². The molecule has 1 fully saturated rings. The molecule has 4 nitrogen and oxygen atoms in total. The summed E-state index contributed by atoms with van der Waals surface area (Å²) in [6.07, 6.45) is 1.88. The van der Waals surface area contributed by atoms with Gasteiger partial charge in [-0.3, -0.25) is 0 Å². The Hall–Kier alpha value is -1.07. The number of sulfonamides is 1. The molecule has 0 aromatic heterocycles. The lowest BCUT2D eigenvalue weighted by Gasteiger charge is -2.27. The van der Waals surface area contributed by atoms with E-state index in [2.05, 4.69) is 13.8 Å². The average molecular weight is 282 g/mol. The average Bonchev–Trinajstić information content (AvgIpc) is 2.82. The molecule has 5 heteroatoms. The van der Waals surface area contributed by atoms with E-state index in [1.807, 2.05) is 0 Å². The number of nitrogens with two attached hydrogens (primary N) is 1. The van der Waals surface area contributed by atoms with E-state index in [1.165, 1.54) is 0 Å². The van der Waals surface area contributed by atoms with Crippen molar-refractivity contribution < 1.29 is 8.42 Å². The largest absolute Gasteiger partial charge is 0.398 e. The summed E-state index contributed by atoms with van der Waals surface area (Å²) in [5.41, 5.74) is 7.01. The molecule has 2 rings (SSSR count). The molecule has 0 amide bonds. The smallest absolute Gasteiger partial charge is 0.243 e. The van der Waals surface area contributed by atoms with Gasteiger partial charge in [0, 0.05) is 18.3 Å². The van der Waals surface area contributed by atoms with Crippen LogP contribution in [-0.2, 0) is 10.0 Å². The van der Waals surface area contributed by atoms with E-state index in [9.17, 15) is 8.42 Å². The maximum Gasteiger partial charge on any atom is 0.243 e. The lowest BCUT2D eigenvalue weighted by Crippen LogP contribution is -2.38. The minimum Gasteiger partial charge on any atom is -0.398 e. The zero-order valence-electron chi connectivity index (χ0n) is 11.8. The highest BCUT2D eigenvalue weighted by Crippen LogP contribution is 2.32. The van der Waals surface area contributed by atoms with Gasteiger partial charge in [0.05, 0.1) is 4.90 Å². The quantitative estimate of drug-likeness (QED) is 0.866. The first kappa shape index (κ1) is 14.3. The van der Waals surface area contributed by atoms with Gasteiger partial charge in [-0.25, -0.2) is 8.42 Å². The Morgan fingerprint density at radius 2 is 2.05 bits per heavy atom. The van der Waals surface area contributed by atoms with Crippen LogP contribution < -0.4 is 5.73 Å². The molecule has 19 heavy (non-hydrogen) atoms. The monoisotopic (exact) mass is 282 g/mol. The zero-order chi connectivity index (χ0) is 14.2. The molecule has 106 valence electrons. The molecule has 1 aromatic carbocycles. The van der Waals surface area contributed by atoms with Crippen LogP contribution in [0.25, 0.3) is 0 Å². The molecular weight excluding hydrogens is 260 g/mol. The Bertz CT molecular complexity index is 567. The molecule has 0 aliphatic carbocycles. The van der Waals surface area contributed by atoms with Gasteiger partial charge < -0.3 is 5.73 Å². The maximum atomic E-state index is 12.8. The molecule has 1 saturated heterocycles. The van der Waals surface area contributed by atoms with Crippen LogP contribution in [0.1, 0.15) is 32.3 Å². The van der Waals surface area contributed by atoms with E-state index in [4.69, 9.17) is 5.73 Å². The van der Waals surface area contributed by atoms with Crippen molar-refractivity contribution in [1.82, 2.24) is 4.31 Å². The van der Waals surface area contributed by atoms with Gasteiger partial charge in [-0.15, -0.1) is 0 Å². The molecule has 0 spiro atoms. The summed E-state index contributed by atoms with van der Waals surface area (Å²) < 4.78 is 27.2. The summed E-state index contributed by atoms with van der Waals surface area (Å²) in [6.45, 7) is 6.53. The van der Waals surface area contributed by atoms with Crippen molar-refractivity contribution in [3.05, 3.63) is 23.8 Å². The van der Waals surface area contributed by atoms with Crippen LogP contribution in [-0.4, -0.2) is 25.3 Å². The first-order valence-electron chi connectivity index (χ1n) is 6.72. The van der Waals surface area contributed by atoms with Gasteiger partial charge in [-0.05, 0) is 43.4 Å². The number of anilines is 1. The second kappa shape index (κ2) is 5.13. The first-order chi connectivity index (χ1) is 8.85. The van der Waals surface area contributed by atoms with Gasteiger partial charge in [0.1, 0.15) is 0 Å². The molecule has 1 heterocycles. The third kappa shape index (κ3) is 2.49. The minimum atomic E-state index is -3.43. The fourth-order valence-corrected chi connectivity index (χ4v) is 4.85. The summed E-state index contributed by atoms with van der Waals surface area (Å²) in [6, 6.07) is 5.19. The Kier molecular flexibility index (Phi) is 3.87. The highest BCUT2D eigenvalue weighted by molar-refractivity contribution is 7.89. The van der Waals surface area contributed by atoms with Crippen LogP contribution in [0.4, 0.5) is 5.69 Å². The molecule has 1 unspecified atom stereocenters. The second-order valence-corrected chi connectivity index (χ2v) is 7.40. The van der Waals surface area contributed by atoms with Crippen molar-refractivity contribution in [2.75, 3.05) is 12.3 Å². The summed E-state index contributed by atoms with van der Waals surface area (Å²) >= 11 is 0. The Morgan fingerprint density at radius 3 is 2.68 bits per heavy atom. The number of hydrogen-bond donors (Lipinski definition) is 1. The SMILES string of the molecule is Cc1c(N)cccc1S(=O)(=O)N1CCCC1C(C)C. The van der Waals surface area contributed by atoms with E-state index in [0.29, 0.717) is 28.6 Å². The number of nitrogen functional groups attached to an aromatic ring is 1. The summed E-state index contributed by atoms with van der Waals surface area (Å²) in [5, 5.41) is 0. The molecule has 0 bridgehead atoms. The van der Waals surface area contributed by atoms with Gasteiger partial charge in [-0.1, -0.05) is 19.9 Å². The lowest BCUT2D eigenvalue weighted by atomic mass is 10.0. The van der Waals surface area contributed by atoms with E-state index >= 15 is 0 Å². The summed E-state index contributed by atoms with van der Waals surface area (Å²) in [5.74, 6) is 0.332. The highest BCUT2D eigenvalue weighted by Gasteiger charge is 2.37. The van der Waals surface area contributed by atoms with Gasteiger partial charge in [-0.2, -0.15) is 4.31 Å². The van der Waals surface area contributed by atoms with Crippen LogP contribution in [0, 0.1) is 12.8 Å². The summed E-state index contributed by atoms with van der Waals surface area (Å²) in [7, 11) is -3.43. The lowest BCUT2D eigenvalue weighted by molar-refractivity contribution is 0.315. The number of nitrogens with zero attached hydrogens (tertiary/aromatic N) is 1. The maximum absolute atomic E-state index is 12.8. The number of benzene rings is 1. The highest BCUT2D eigenvalue weighted by atomic mass is 32.2. The van der Waals surface area contributed by atoms with Crippen molar-refractivity contribution in [3.63, 3.8) is 0 Å². The topological polar surface area (TPSA) is 63.4 Å². The fourth-order valence-electron chi connectivity index (χ4n) is 2.77. The molecule has 1 atom stereocenters. The van der Waals surface area contributed by atoms with Crippen molar-refractivity contribution in [2.24, 2.45) is 5.92 Å². The Morgan fingerprint density at radius 1 is 1.37 bits per heavy atom. The van der Waals surface area contributed by atoms with Crippen LogP contribution in [0.2, 0.25) is 0 Å². The van der Waals surface area contributed by atoms with Crippen LogP contribution in [0.5, 0.6) is 0 Å². The molecule has 0 radical (unpaired) electrons. The predicted molar refractivity (Wildman–Crippen MR) is 77.3 cm³/mol. The Balaban J connectivity index is 2.45. The minimum absolute atomic E-state index is 0.103. The van der Waals surface area contributed by atoms with E-state index in [-0.39, 0.29) is 6.04 Å². The third-order valence-corrected chi connectivity index (χ3v) is 6.00. The molecule has 0 saturated carbocycles. The van der Waals surface area contributed by atoms with Gasteiger partial charge in [0.25, 0.3) is 0 Å². The van der Waals surface area contributed by atoms with Crippen molar-refractivity contribution >= 4 is 15.7 Å². The van der Waals surface area contributed by atoms with Crippen molar-refractivity contribution in [2.45, 2.75) is 44.6 Å². The normalized spacial score (nSPS) is 21.2.